The van der Waals surface area contributed by atoms with Crippen LogP contribution >= 0.6 is 0 Å². The van der Waals surface area contributed by atoms with Crippen LogP contribution in [0.15, 0.2) is 36.5 Å². The number of ether oxygens (including phenoxy) is 1. The lowest BCUT2D eigenvalue weighted by atomic mass is 10.1. The SMILES string of the molecule is CC(C(=O)O)c1cnc(COCc2ccccc2)[nH]1. The first-order valence-electron chi connectivity index (χ1n) is 6.05. The highest BCUT2D eigenvalue weighted by Gasteiger charge is 2.15. The van der Waals surface area contributed by atoms with E-state index in [1.807, 2.05) is 30.3 Å². The van der Waals surface area contributed by atoms with Crippen molar-refractivity contribution >= 4 is 5.97 Å². The maximum absolute atomic E-state index is 10.8. The van der Waals surface area contributed by atoms with Crippen molar-refractivity contribution in [1.82, 2.24) is 9.97 Å². The molecular formula is C14H16N2O3. The molecule has 0 radical (unpaired) electrons. The van der Waals surface area contributed by atoms with Crippen molar-refractivity contribution in [3.05, 3.63) is 53.6 Å². The Morgan fingerprint density at radius 2 is 2.11 bits per heavy atom. The van der Waals surface area contributed by atoms with E-state index in [4.69, 9.17) is 9.84 Å². The number of carboxylic acids is 1. The van der Waals surface area contributed by atoms with Crippen molar-refractivity contribution in [3.8, 4) is 0 Å². The zero-order valence-corrected chi connectivity index (χ0v) is 10.7. The van der Waals surface area contributed by atoms with Crippen LogP contribution in [0.25, 0.3) is 0 Å². The van der Waals surface area contributed by atoms with Gasteiger partial charge in [-0.2, -0.15) is 0 Å². The Morgan fingerprint density at radius 3 is 2.79 bits per heavy atom. The van der Waals surface area contributed by atoms with E-state index in [9.17, 15) is 4.79 Å². The average molecular weight is 260 g/mol. The summed E-state index contributed by atoms with van der Waals surface area (Å²) in [6.45, 7) is 2.46. The van der Waals surface area contributed by atoms with E-state index >= 15 is 0 Å². The molecule has 2 aromatic rings. The Hall–Kier alpha value is -2.14. The number of nitrogens with zero attached hydrogens (tertiary/aromatic N) is 1. The predicted octanol–water partition coefficient (Wildman–Crippen LogP) is 2.31. The summed E-state index contributed by atoms with van der Waals surface area (Å²) in [6, 6.07) is 9.84. The second-order valence-corrected chi connectivity index (χ2v) is 4.32. The summed E-state index contributed by atoms with van der Waals surface area (Å²) >= 11 is 0. The monoisotopic (exact) mass is 260 g/mol. The Bertz CT molecular complexity index is 537. The van der Waals surface area contributed by atoms with E-state index in [-0.39, 0.29) is 0 Å². The number of hydrogen-bond donors (Lipinski definition) is 2. The van der Waals surface area contributed by atoms with Crippen molar-refractivity contribution in [1.29, 1.82) is 0 Å². The number of aromatic amines is 1. The molecule has 0 aliphatic rings. The van der Waals surface area contributed by atoms with E-state index in [0.717, 1.165) is 5.56 Å². The van der Waals surface area contributed by atoms with Gasteiger partial charge in [0.2, 0.25) is 0 Å². The Kier molecular flexibility index (Phi) is 4.30. The quantitative estimate of drug-likeness (QED) is 0.835. The largest absolute Gasteiger partial charge is 0.481 e. The molecule has 0 bridgehead atoms. The number of aromatic nitrogens is 2. The minimum absolute atomic E-state index is 0.335. The van der Waals surface area contributed by atoms with Gasteiger partial charge < -0.3 is 14.8 Å². The first kappa shape index (κ1) is 13.3. The molecule has 2 N–H and O–H groups in total. The smallest absolute Gasteiger partial charge is 0.312 e. The molecule has 0 amide bonds. The molecular weight excluding hydrogens is 244 g/mol. The van der Waals surface area contributed by atoms with Gasteiger partial charge in [-0.25, -0.2) is 4.98 Å². The minimum Gasteiger partial charge on any atom is -0.481 e. The molecule has 100 valence electrons. The van der Waals surface area contributed by atoms with Gasteiger partial charge in [0, 0.05) is 11.9 Å². The third-order valence-corrected chi connectivity index (χ3v) is 2.84. The van der Waals surface area contributed by atoms with Crippen LogP contribution in [0.4, 0.5) is 0 Å². The van der Waals surface area contributed by atoms with E-state index < -0.39 is 11.9 Å². The second kappa shape index (κ2) is 6.15. The van der Waals surface area contributed by atoms with Gasteiger partial charge in [0.15, 0.2) is 0 Å². The number of aliphatic carboxylic acids is 1. The molecule has 0 spiro atoms. The fourth-order valence-electron chi connectivity index (χ4n) is 1.64. The summed E-state index contributed by atoms with van der Waals surface area (Å²) in [5.74, 6) is -0.824. The fourth-order valence-corrected chi connectivity index (χ4v) is 1.64. The standard InChI is InChI=1S/C14H16N2O3/c1-10(14(17)18)12-7-15-13(16-12)9-19-8-11-5-3-2-4-6-11/h2-7,10H,8-9H2,1H3,(H,15,16)(H,17,18). The van der Waals surface area contributed by atoms with Gasteiger partial charge in [-0.3, -0.25) is 4.79 Å². The van der Waals surface area contributed by atoms with Crippen molar-refractivity contribution in [2.45, 2.75) is 26.1 Å². The van der Waals surface area contributed by atoms with Crippen molar-refractivity contribution in [2.75, 3.05) is 0 Å². The van der Waals surface area contributed by atoms with Crippen LogP contribution in [-0.2, 0) is 22.7 Å². The summed E-state index contributed by atoms with van der Waals surface area (Å²) in [7, 11) is 0. The van der Waals surface area contributed by atoms with Crippen LogP contribution in [-0.4, -0.2) is 21.0 Å². The van der Waals surface area contributed by atoms with Gasteiger partial charge in [-0.05, 0) is 12.5 Å². The Labute approximate surface area is 111 Å². The van der Waals surface area contributed by atoms with E-state index in [2.05, 4.69) is 9.97 Å². The third-order valence-electron chi connectivity index (χ3n) is 2.84. The Morgan fingerprint density at radius 1 is 1.37 bits per heavy atom. The topological polar surface area (TPSA) is 75.2 Å². The van der Waals surface area contributed by atoms with Crippen LogP contribution < -0.4 is 0 Å². The zero-order chi connectivity index (χ0) is 13.7. The second-order valence-electron chi connectivity index (χ2n) is 4.32. The van der Waals surface area contributed by atoms with Crippen molar-refractivity contribution in [3.63, 3.8) is 0 Å². The van der Waals surface area contributed by atoms with Gasteiger partial charge in [0.1, 0.15) is 12.4 Å². The highest BCUT2D eigenvalue weighted by Crippen LogP contribution is 2.13. The summed E-state index contributed by atoms with van der Waals surface area (Å²) in [4.78, 5) is 17.9. The molecule has 0 aliphatic heterocycles. The molecule has 2 rings (SSSR count). The molecule has 1 aromatic carbocycles. The molecule has 0 aliphatic carbocycles. The van der Waals surface area contributed by atoms with Gasteiger partial charge in [-0.15, -0.1) is 0 Å². The zero-order valence-electron chi connectivity index (χ0n) is 10.7. The average Bonchev–Trinajstić information content (AvgIpc) is 2.88. The van der Waals surface area contributed by atoms with Crippen LogP contribution in [0.1, 0.15) is 29.9 Å². The first-order chi connectivity index (χ1) is 9.16. The van der Waals surface area contributed by atoms with Crippen LogP contribution in [0.3, 0.4) is 0 Å². The minimum atomic E-state index is -0.875. The number of nitrogens with one attached hydrogen (secondary N) is 1. The van der Waals surface area contributed by atoms with Crippen LogP contribution in [0, 0.1) is 0 Å². The lowest BCUT2D eigenvalue weighted by molar-refractivity contribution is -0.138. The summed E-state index contributed by atoms with van der Waals surface area (Å²) < 4.78 is 5.52. The number of H-pyrrole nitrogens is 1. The highest BCUT2D eigenvalue weighted by atomic mass is 16.5. The predicted molar refractivity (Wildman–Crippen MR) is 69.6 cm³/mol. The van der Waals surface area contributed by atoms with Crippen LogP contribution in [0.2, 0.25) is 0 Å². The number of benzene rings is 1. The number of imidazole rings is 1. The molecule has 0 fully saturated rings. The van der Waals surface area contributed by atoms with E-state index in [1.165, 1.54) is 0 Å². The number of carbonyl (C=O) groups is 1. The fraction of sp³-hybridized carbons (Fsp3) is 0.286. The van der Waals surface area contributed by atoms with E-state index in [0.29, 0.717) is 24.7 Å². The maximum Gasteiger partial charge on any atom is 0.312 e. The molecule has 1 aromatic heterocycles. The third kappa shape index (κ3) is 3.66. The van der Waals surface area contributed by atoms with E-state index in [1.54, 1.807) is 13.1 Å². The molecule has 1 unspecified atom stereocenters. The molecule has 19 heavy (non-hydrogen) atoms. The Balaban J connectivity index is 1.85. The first-order valence-corrected chi connectivity index (χ1v) is 6.05. The van der Waals surface area contributed by atoms with Crippen molar-refractivity contribution < 1.29 is 14.6 Å². The molecule has 0 saturated carbocycles. The molecule has 1 heterocycles. The van der Waals surface area contributed by atoms with Crippen molar-refractivity contribution in [2.24, 2.45) is 0 Å². The lowest BCUT2D eigenvalue weighted by Crippen LogP contribution is -2.07. The van der Waals surface area contributed by atoms with Gasteiger partial charge in [0.05, 0.1) is 12.5 Å². The summed E-state index contributed by atoms with van der Waals surface area (Å²) in [5, 5.41) is 8.89. The summed E-state index contributed by atoms with van der Waals surface area (Å²) in [6.07, 6.45) is 1.54. The number of hydrogen-bond acceptors (Lipinski definition) is 3. The van der Waals surface area contributed by atoms with Crippen LogP contribution in [0.5, 0.6) is 0 Å². The molecule has 1 atom stereocenters. The number of rotatable bonds is 6. The lowest BCUT2D eigenvalue weighted by Gasteiger charge is -2.03. The molecule has 0 saturated heterocycles. The number of carboxylic acid groups (broad SMARTS) is 1. The normalized spacial score (nSPS) is 12.3. The maximum atomic E-state index is 10.8. The highest BCUT2D eigenvalue weighted by molar-refractivity contribution is 5.74. The summed E-state index contributed by atoms with van der Waals surface area (Å²) in [5.41, 5.74) is 1.68. The molecule has 5 nitrogen and oxygen atoms in total. The van der Waals surface area contributed by atoms with Gasteiger partial charge in [0.25, 0.3) is 0 Å². The van der Waals surface area contributed by atoms with Gasteiger partial charge >= 0.3 is 5.97 Å². The molecule has 5 heteroatoms. The van der Waals surface area contributed by atoms with Gasteiger partial charge in [-0.1, -0.05) is 30.3 Å².